The number of hydrogen-bond acceptors (Lipinski definition) is 3. The summed E-state index contributed by atoms with van der Waals surface area (Å²) in [4.78, 5) is 21.6. The van der Waals surface area contributed by atoms with Gasteiger partial charge in [0.05, 0.1) is 4.92 Å². The monoisotopic (exact) mass is 247 g/mol. The molecule has 0 aliphatic heterocycles. The van der Waals surface area contributed by atoms with E-state index in [4.69, 9.17) is 0 Å². The molecule has 2 aromatic rings. The number of imidazole rings is 1. The molecule has 1 heterocycles. The maximum Gasteiger partial charge on any atom is 0.327 e. The Kier molecular flexibility index (Phi) is 3.27. The first-order chi connectivity index (χ1) is 8.58. The molecule has 0 amide bonds. The quantitative estimate of drug-likeness (QED) is 0.604. The third kappa shape index (κ3) is 2.48. The zero-order valence-electron chi connectivity index (χ0n) is 9.94. The number of aryl methyl sites for hydroxylation is 3. The Hall–Kier alpha value is -2.37. The van der Waals surface area contributed by atoms with Gasteiger partial charge in [-0.25, -0.2) is 4.79 Å². The van der Waals surface area contributed by atoms with Gasteiger partial charge in [-0.3, -0.25) is 14.7 Å². The van der Waals surface area contributed by atoms with Gasteiger partial charge in [0.15, 0.2) is 0 Å². The largest absolute Gasteiger partial charge is 0.327 e. The third-order valence-corrected chi connectivity index (χ3v) is 2.81. The molecule has 2 rings (SSSR count). The number of hydrogen-bond donors (Lipinski definition) is 0. The van der Waals surface area contributed by atoms with Gasteiger partial charge in [-0.2, -0.15) is 0 Å². The van der Waals surface area contributed by atoms with Crippen molar-refractivity contribution < 1.29 is 4.92 Å². The van der Waals surface area contributed by atoms with Gasteiger partial charge in [0.25, 0.3) is 5.69 Å². The Balaban J connectivity index is 2.04. The van der Waals surface area contributed by atoms with Crippen molar-refractivity contribution in [3.8, 4) is 0 Å². The summed E-state index contributed by atoms with van der Waals surface area (Å²) in [6.07, 6.45) is 4.10. The third-order valence-electron chi connectivity index (χ3n) is 2.81. The average molecular weight is 247 g/mol. The fourth-order valence-corrected chi connectivity index (χ4v) is 1.71. The molecule has 0 aliphatic carbocycles. The molecule has 1 aromatic heterocycles. The zero-order valence-corrected chi connectivity index (χ0v) is 9.94. The lowest BCUT2D eigenvalue weighted by molar-refractivity contribution is -0.384. The Morgan fingerprint density at radius 3 is 2.39 bits per heavy atom. The summed E-state index contributed by atoms with van der Waals surface area (Å²) >= 11 is 0. The number of rotatable bonds is 4. The number of non-ortho nitro benzene ring substituents is 1. The van der Waals surface area contributed by atoms with E-state index in [2.05, 4.69) is 0 Å². The molecular weight excluding hydrogens is 234 g/mol. The number of nitrogens with zero attached hydrogens (tertiary/aromatic N) is 3. The molecule has 0 unspecified atom stereocenters. The molecule has 94 valence electrons. The molecule has 0 spiro atoms. The molecule has 6 heteroatoms. The van der Waals surface area contributed by atoms with Gasteiger partial charge in [0.1, 0.15) is 0 Å². The predicted octanol–water partition coefficient (Wildman–Crippen LogP) is 1.34. The van der Waals surface area contributed by atoms with Crippen LogP contribution in [0.1, 0.15) is 5.56 Å². The summed E-state index contributed by atoms with van der Waals surface area (Å²) < 4.78 is 3.12. The number of nitro benzene ring substituents is 1. The van der Waals surface area contributed by atoms with Crippen LogP contribution in [0.25, 0.3) is 0 Å². The van der Waals surface area contributed by atoms with Gasteiger partial charge >= 0.3 is 5.69 Å². The van der Waals surface area contributed by atoms with E-state index < -0.39 is 4.92 Å². The summed E-state index contributed by atoms with van der Waals surface area (Å²) in [6.45, 7) is 0.567. The van der Waals surface area contributed by atoms with Crippen molar-refractivity contribution >= 4 is 5.69 Å². The second-order valence-corrected chi connectivity index (χ2v) is 4.06. The van der Waals surface area contributed by atoms with Crippen LogP contribution >= 0.6 is 0 Å². The number of aromatic nitrogens is 2. The minimum Gasteiger partial charge on any atom is -0.302 e. The summed E-state index contributed by atoms with van der Waals surface area (Å²) in [5, 5.41) is 10.5. The molecule has 0 saturated heterocycles. The van der Waals surface area contributed by atoms with Crippen LogP contribution in [0, 0.1) is 10.1 Å². The standard InChI is InChI=1S/C12H13N3O3/c1-13-8-9-14(12(13)16)7-6-10-2-4-11(5-3-10)15(17)18/h2-5,8-9H,6-7H2,1H3. The van der Waals surface area contributed by atoms with Crippen molar-refractivity contribution in [3.05, 3.63) is 62.8 Å². The van der Waals surface area contributed by atoms with E-state index in [-0.39, 0.29) is 11.4 Å². The molecule has 0 bridgehead atoms. The second kappa shape index (κ2) is 4.87. The summed E-state index contributed by atoms with van der Waals surface area (Å²) in [7, 11) is 1.70. The lowest BCUT2D eigenvalue weighted by atomic mass is 10.1. The van der Waals surface area contributed by atoms with Crippen LogP contribution in [0.15, 0.2) is 41.5 Å². The van der Waals surface area contributed by atoms with Gasteiger partial charge in [-0.15, -0.1) is 0 Å². The van der Waals surface area contributed by atoms with Crippen molar-refractivity contribution in [1.82, 2.24) is 9.13 Å². The van der Waals surface area contributed by atoms with Gasteiger partial charge in [0, 0.05) is 38.1 Å². The highest BCUT2D eigenvalue weighted by molar-refractivity contribution is 5.32. The van der Waals surface area contributed by atoms with E-state index in [0.29, 0.717) is 13.0 Å². The van der Waals surface area contributed by atoms with Crippen LogP contribution in [0.4, 0.5) is 5.69 Å². The fourth-order valence-electron chi connectivity index (χ4n) is 1.71. The Morgan fingerprint density at radius 1 is 1.22 bits per heavy atom. The predicted molar refractivity (Wildman–Crippen MR) is 66.5 cm³/mol. The van der Waals surface area contributed by atoms with E-state index >= 15 is 0 Å². The molecule has 0 saturated carbocycles. The topological polar surface area (TPSA) is 70.1 Å². The molecule has 0 aliphatic rings. The summed E-state index contributed by atoms with van der Waals surface area (Å²) in [6, 6.07) is 6.38. The van der Waals surface area contributed by atoms with Gasteiger partial charge in [-0.05, 0) is 12.0 Å². The van der Waals surface area contributed by atoms with Crippen molar-refractivity contribution in [2.75, 3.05) is 0 Å². The molecule has 0 fully saturated rings. The van der Waals surface area contributed by atoms with Crippen LogP contribution in [0.2, 0.25) is 0 Å². The van der Waals surface area contributed by atoms with E-state index in [1.165, 1.54) is 16.7 Å². The van der Waals surface area contributed by atoms with Crippen molar-refractivity contribution in [2.45, 2.75) is 13.0 Å². The van der Waals surface area contributed by atoms with Crippen LogP contribution in [0.5, 0.6) is 0 Å². The molecule has 0 atom stereocenters. The van der Waals surface area contributed by atoms with Gasteiger partial charge in [-0.1, -0.05) is 12.1 Å². The maximum atomic E-state index is 11.6. The highest BCUT2D eigenvalue weighted by Crippen LogP contribution is 2.12. The van der Waals surface area contributed by atoms with E-state index in [9.17, 15) is 14.9 Å². The van der Waals surface area contributed by atoms with E-state index in [1.807, 2.05) is 0 Å². The van der Waals surface area contributed by atoms with Gasteiger partial charge < -0.3 is 4.57 Å². The molecular formula is C12H13N3O3. The summed E-state index contributed by atoms with van der Waals surface area (Å²) in [5.74, 6) is 0. The Morgan fingerprint density at radius 2 is 1.89 bits per heavy atom. The fraction of sp³-hybridized carbons (Fsp3) is 0.250. The van der Waals surface area contributed by atoms with Crippen LogP contribution < -0.4 is 5.69 Å². The molecule has 6 nitrogen and oxygen atoms in total. The SMILES string of the molecule is Cn1ccn(CCc2ccc([N+](=O)[O-])cc2)c1=O. The van der Waals surface area contributed by atoms with E-state index in [0.717, 1.165) is 5.56 Å². The Labute approximate surface area is 103 Å². The number of benzene rings is 1. The van der Waals surface area contributed by atoms with E-state index in [1.54, 1.807) is 36.1 Å². The second-order valence-electron chi connectivity index (χ2n) is 4.06. The minimum absolute atomic E-state index is 0.0584. The highest BCUT2D eigenvalue weighted by atomic mass is 16.6. The van der Waals surface area contributed by atoms with Crippen LogP contribution in [-0.2, 0) is 20.0 Å². The first kappa shape index (κ1) is 12.1. The van der Waals surface area contributed by atoms with Crippen molar-refractivity contribution in [3.63, 3.8) is 0 Å². The van der Waals surface area contributed by atoms with Crippen molar-refractivity contribution in [1.29, 1.82) is 0 Å². The first-order valence-corrected chi connectivity index (χ1v) is 5.53. The van der Waals surface area contributed by atoms with Crippen LogP contribution in [0.3, 0.4) is 0 Å². The smallest absolute Gasteiger partial charge is 0.302 e. The minimum atomic E-state index is -0.425. The highest BCUT2D eigenvalue weighted by Gasteiger charge is 2.04. The zero-order chi connectivity index (χ0) is 13.1. The lowest BCUT2D eigenvalue weighted by Crippen LogP contribution is -2.22. The summed E-state index contributed by atoms with van der Waals surface area (Å²) in [5.41, 5.74) is 0.990. The molecule has 1 aromatic carbocycles. The first-order valence-electron chi connectivity index (χ1n) is 5.53. The average Bonchev–Trinajstić information content (AvgIpc) is 2.68. The molecule has 18 heavy (non-hydrogen) atoms. The van der Waals surface area contributed by atoms with Gasteiger partial charge in [0.2, 0.25) is 0 Å². The lowest BCUT2D eigenvalue weighted by Gasteiger charge is -2.02. The van der Waals surface area contributed by atoms with Crippen LogP contribution in [-0.4, -0.2) is 14.1 Å². The number of nitro groups is 1. The normalized spacial score (nSPS) is 10.5. The van der Waals surface area contributed by atoms with Crippen molar-refractivity contribution in [2.24, 2.45) is 7.05 Å². The molecule has 0 radical (unpaired) electrons. The molecule has 0 N–H and O–H groups in total. The Bertz CT molecular complexity index is 610. The maximum absolute atomic E-state index is 11.6.